The monoisotopic (exact) mass is 393 g/mol. The highest BCUT2D eigenvalue weighted by molar-refractivity contribution is 7.22. The van der Waals surface area contributed by atoms with E-state index in [1.165, 1.54) is 11.3 Å². The molecule has 9 heteroatoms. The number of nitrogens with zero attached hydrogens (tertiary/aromatic N) is 5. The Morgan fingerprint density at radius 1 is 1.11 bits per heavy atom. The van der Waals surface area contributed by atoms with E-state index in [1.807, 2.05) is 55.7 Å². The number of carbonyl (C=O) groups is 1. The molecule has 4 aromatic rings. The molecule has 0 aliphatic heterocycles. The maximum Gasteiger partial charge on any atom is 0.326 e. The van der Waals surface area contributed by atoms with E-state index >= 15 is 0 Å². The SMILES string of the molecule is Cc1cccc2nc(NC(=O)Nc3cccc(-c4nncn4C(C)C)n3)sc12. The molecule has 0 saturated carbocycles. The van der Waals surface area contributed by atoms with E-state index in [-0.39, 0.29) is 6.04 Å². The normalized spacial score (nSPS) is 11.1. The number of thiazole rings is 1. The molecule has 142 valence electrons. The van der Waals surface area contributed by atoms with E-state index in [4.69, 9.17) is 0 Å². The van der Waals surface area contributed by atoms with Crippen LogP contribution in [0, 0.1) is 6.92 Å². The summed E-state index contributed by atoms with van der Waals surface area (Å²) in [6, 6.07) is 11.1. The van der Waals surface area contributed by atoms with Gasteiger partial charge in [0.2, 0.25) is 0 Å². The van der Waals surface area contributed by atoms with E-state index in [0.717, 1.165) is 15.8 Å². The number of anilines is 2. The molecule has 1 aromatic carbocycles. The van der Waals surface area contributed by atoms with Crippen molar-refractivity contribution in [3.8, 4) is 11.5 Å². The lowest BCUT2D eigenvalue weighted by atomic mass is 10.2. The summed E-state index contributed by atoms with van der Waals surface area (Å²) in [5.74, 6) is 1.08. The first-order valence-electron chi connectivity index (χ1n) is 8.82. The van der Waals surface area contributed by atoms with Crippen LogP contribution in [0.3, 0.4) is 0 Å². The topological polar surface area (TPSA) is 97.6 Å². The van der Waals surface area contributed by atoms with Crippen molar-refractivity contribution in [3.63, 3.8) is 0 Å². The van der Waals surface area contributed by atoms with Crippen LogP contribution < -0.4 is 10.6 Å². The molecule has 0 radical (unpaired) electrons. The maximum atomic E-state index is 12.4. The van der Waals surface area contributed by atoms with Gasteiger partial charge in [-0.25, -0.2) is 14.8 Å². The Kier molecular flexibility index (Phi) is 4.74. The molecule has 0 saturated heterocycles. The molecule has 0 spiro atoms. The van der Waals surface area contributed by atoms with Crippen molar-refractivity contribution in [1.82, 2.24) is 24.7 Å². The predicted molar refractivity (Wildman–Crippen MR) is 111 cm³/mol. The fourth-order valence-electron chi connectivity index (χ4n) is 2.82. The number of carbonyl (C=O) groups excluding carboxylic acids is 1. The fraction of sp³-hybridized carbons (Fsp3) is 0.211. The first-order valence-corrected chi connectivity index (χ1v) is 9.64. The molecule has 0 aliphatic carbocycles. The average Bonchev–Trinajstić information content (AvgIpc) is 3.29. The summed E-state index contributed by atoms with van der Waals surface area (Å²) < 4.78 is 2.99. The van der Waals surface area contributed by atoms with Crippen molar-refractivity contribution in [1.29, 1.82) is 0 Å². The first-order chi connectivity index (χ1) is 13.5. The summed E-state index contributed by atoms with van der Waals surface area (Å²) in [6.07, 6.45) is 1.67. The van der Waals surface area contributed by atoms with E-state index in [2.05, 4.69) is 30.8 Å². The Hall–Kier alpha value is -3.33. The quantitative estimate of drug-likeness (QED) is 0.533. The van der Waals surface area contributed by atoms with Gasteiger partial charge in [0.05, 0.1) is 10.2 Å². The molecule has 3 heterocycles. The van der Waals surface area contributed by atoms with Crippen LogP contribution in [0.15, 0.2) is 42.7 Å². The molecule has 0 atom stereocenters. The molecular formula is C19H19N7OS. The van der Waals surface area contributed by atoms with Crippen molar-refractivity contribution in [3.05, 3.63) is 48.3 Å². The second kappa shape index (κ2) is 7.35. The molecule has 0 aliphatic rings. The number of aromatic nitrogens is 5. The van der Waals surface area contributed by atoms with Crippen LogP contribution in [0.25, 0.3) is 21.7 Å². The van der Waals surface area contributed by atoms with Gasteiger partial charge in [-0.1, -0.05) is 29.5 Å². The summed E-state index contributed by atoms with van der Waals surface area (Å²) in [7, 11) is 0. The van der Waals surface area contributed by atoms with Crippen molar-refractivity contribution >= 4 is 38.5 Å². The van der Waals surface area contributed by atoms with Gasteiger partial charge in [0.15, 0.2) is 11.0 Å². The highest BCUT2D eigenvalue weighted by Crippen LogP contribution is 2.28. The lowest BCUT2D eigenvalue weighted by Crippen LogP contribution is -2.20. The molecule has 28 heavy (non-hydrogen) atoms. The Balaban J connectivity index is 1.51. The van der Waals surface area contributed by atoms with Crippen LogP contribution in [-0.4, -0.2) is 30.8 Å². The minimum atomic E-state index is -0.397. The zero-order valence-electron chi connectivity index (χ0n) is 15.7. The third-order valence-electron chi connectivity index (χ3n) is 4.18. The van der Waals surface area contributed by atoms with Gasteiger partial charge in [0.25, 0.3) is 0 Å². The molecule has 0 unspecified atom stereocenters. The van der Waals surface area contributed by atoms with Crippen LogP contribution >= 0.6 is 11.3 Å². The smallest absolute Gasteiger partial charge is 0.310 e. The Bertz CT molecular complexity index is 1150. The molecular weight excluding hydrogens is 374 g/mol. The van der Waals surface area contributed by atoms with Crippen molar-refractivity contribution in [2.45, 2.75) is 26.8 Å². The van der Waals surface area contributed by atoms with Gasteiger partial charge in [-0.05, 0) is 44.5 Å². The molecule has 3 aromatic heterocycles. The van der Waals surface area contributed by atoms with Crippen LogP contribution in [0.2, 0.25) is 0 Å². The summed E-state index contributed by atoms with van der Waals surface area (Å²) in [4.78, 5) is 21.3. The maximum absolute atomic E-state index is 12.4. The third-order valence-corrected chi connectivity index (χ3v) is 5.30. The molecule has 0 fully saturated rings. The second-order valence-corrected chi connectivity index (χ2v) is 7.58. The Morgan fingerprint density at radius 3 is 2.71 bits per heavy atom. The number of hydrogen-bond acceptors (Lipinski definition) is 6. The van der Waals surface area contributed by atoms with E-state index in [1.54, 1.807) is 12.4 Å². The summed E-state index contributed by atoms with van der Waals surface area (Å²) in [5.41, 5.74) is 2.64. The average molecular weight is 393 g/mol. The number of benzene rings is 1. The van der Waals surface area contributed by atoms with Gasteiger partial charge in [-0.15, -0.1) is 10.2 Å². The number of amides is 2. The Morgan fingerprint density at radius 2 is 1.93 bits per heavy atom. The van der Waals surface area contributed by atoms with Crippen LogP contribution in [-0.2, 0) is 0 Å². The highest BCUT2D eigenvalue weighted by atomic mass is 32.1. The fourth-order valence-corrected chi connectivity index (χ4v) is 3.75. The van der Waals surface area contributed by atoms with Gasteiger partial charge >= 0.3 is 6.03 Å². The van der Waals surface area contributed by atoms with Crippen molar-refractivity contribution in [2.24, 2.45) is 0 Å². The van der Waals surface area contributed by atoms with Gasteiger partial charge in [0, 0.05) is 6.04 Å². The zero-order chi connectivity index (χ0) is 19.7. The van der Waals surface area contributed by atoms with E-state index in [0.29, 0.717) is 22.5 Å². The van der Waals surface area contributed by atoms with Crippen LogP contribution in [0.5, 0.6) is 0 Å². The standard InChI is InChI=1S/C19H19N7OS/c1-11(2)26-10-20-25-17(26)14-8-5-9-15(21-14)23-18(27)24-19-22-13-7-4-6-12(3)16(13)28-19/h4-11H,1-3H3,(H2,21,22,23,24,27). The van der Waals surface area contributed by atoms with Gasteiger partial charge < -0.3 is 4.57 Å². The lowest BCUT2D eigenvalue weighted by Gasteiger charge is -2.10. The molecule has 8 nitrogen and oxygen atoms in total. The summed E-state index contributed by atoms with van der Waals surface area (Å²) >= 11 is 1.44. The number of rotatable bonds is 4. The number of hydrogen-bond donors (Lipinski definition) is 2. The molecule has 0 bridgehead atoms. The molecule has 4 rings (SSSR count). The van der Waals surface area contributed by atoms with E-state index in [9.17, 15) is 4.79 Å². The molecule has 2 N–H and O–H groups in total. The Labute approximate surface area is 165 Å². The minimum absolute atomic E-state index is 0.203. The lowest BCUT2D eigenvalue weighted by molar-refractivity contribution is 0.262. The van der Waals surface area contributed by atoms with Gasteiger partial charge in [-0.3, -0.25) is 10.6 Å². The van der Waals surface area contributed by atoms with Gasteiger partial charge in [0.1, 0.15) is 17.8 Å². The third kappa shape index (κ3) is 3.56. The first kappa shape index (κ1) is 18.1. The number of aryl methyl sites for hydroxylation is 1. The minimum Gasteiger partial charge on any atom is -0.310 e. The number of fused-ring (bicyclic) bond motifs is 1. The zero-order valence-corrected chi connectivity index (χ0v) is 16.5. The predicted octanol–water partition coefficient (Wildman–Crippen LogP) is 4.48. The summed E-state index contributed by atoms with van der Waals surface area (Å²) in [6.45, 7) is 6.11. The summed E-state index contributed by atoms with van der Waals surface area (Å²) in [5, 5.41) is 14.2. The van der Waals surface area contributed by atoms with Crippen LogP contribution in [0.1, 0.15) is 25.5 Å². The van der Waals surface area contributed by atoms with Crippen LogP contribution in [0.4, 0.5) is 15.7 Å². The number of pyridine rings is 1. The molecule has 2 amide bonds. The van der Waals surface area contributed by atoms with Crippen molar-refractivity contribution in [2.75, 3.05) is 10.6 Å². The second-order valence-electron chi connectivity index (χ2n) is 6.58. The highest BCUT2D eigenvalue weighted by Gasteiger charge is 2.13. The van der Waals surface area contributed by atoms with Gasteiger partial charge in [-0.2, -0.15) is 0 Å². The number of urea groups is 1. The number of nitrogens with one attached hydrogen (secondary N) is 2. The van der Waals surface area contributed by atoms with Crippen molar-refractivity contribution < 1.29 is 4.79 Å². The largest absolute Gasteiger partial charge is 0.326 e. The van der Waals surface area contributed by atoms with E-state index < -0.39 is 6.03 Å².